The monoisotopic (exact) mass is 472 g/mol. The van der Waals surface area contributed by atoms with Gasteiger partial charge in [0.25, 0.3) is 0 Å². The molecule has 0 saturated heterocycles. The molecule has 2 aromatic carbocycles. The highest BCUT2D eigenvalue weighted by Gasteiger charge is 2.31. The predicted molar refractivity (Wildman–Crippen MR) is 101 cm³/mol. The quantitative estimate of drug-likeness (QED) is 0.573. The van der Waals surface area contributed by atoms with Gasteiger partial charge >= 0.3 is 0 Å². The molecule has 8 heteroatoms. The third-order valence-electron chi connectivity index (χ3n) is 4.07. The van der Waals surface area contributed by atoms with Gasteiger partial charge in [0.15, 0.2) is 0 Å². The average Bonchev–Trinajstić information content (AvgIpc) is 2.89. The maximum absolute atomic E-state index is 12.2. The largest absolute Gasteiger partial charge is 0.390 e. The molecule has 1 aliphatic carbocycles. The van der Waals surface area contributed by atoms with E-state index in [1.165, 1.54) is 12.1 Å². The first-order chi connectivity index (χ1) is 11.9. The second-order valence-electron chi connectivity index (χ2n) is 5.79. The number of sulfonamides is 1. The van der Waals surface area contributed by atoms with Gasteiger partial charge in [0.2, 0.25) is 15.9 Å². The highest BCUT2D eigenvalue weighted by Crippen LogP contribution is 2.31. The summed E-state index contributed by atoms with van der Waals surface area (Å²) in [7, 11) is -3.76. The van der Waals surface area contributed by atoms with Gasteiger partial charge in [-0.25, -0.2) is 13.1 Å². The number of nitrogens with one attached hydrogen (secondary N) is 2. The fraction of sp³-hybridized carbons (Fsp3) is 0.235. The van der Waals surface area contributed by atoms with Gasteiger partial charge in [0.1, 0.15) is 0 Å². The molecule has 0 fully saturated rings. The van der Waals surface area contributed by atoms with Crippen LogP contribution in [0, 0.1) is 3.57 Å². The summed E-state index contributed by atoms with van der Waals surface area (Å²) >= 11 is 2.08. The van der Waals surface area contributed by atoms with E-state index < -0.39 is 28.1 Å². The van der Waals surface area contributed by atoms with Crippen molar-refractivity contribution >= 4 is 38.5 Å². The number of halogens is 1. The van der Waals surface area contributed by atoms with Gasteiger partial charge in [0.05, 0.1) is 23.6 Å². The molecular formula is C17H17IN2O4S. The van der Waals surface area contributed by atoms with Crippen LogP contribution in [0.15, 0.2) is 53.4 Å². The van der Waals surface area contributed by atoms with Gasteiger partial charge in [0, 0.05) is 9.99 Å². The Hall–Kier alpha value is -1.49. The molecule has 2 aromatic rings. The summed E-state index contributed by atoms with van der Waals surface area (Å²) in [4.78, 5) is 12.2. The Morgan fingerprint density at radius 2 is 1.84 bits per heavy atom. The lowest BCUT2D eigenvalue weighted by molar-refractivity contribution is -0.121. The number of carbonyl (C=O) groups is 1. The second-order valence-corrected chi connectivity index (χ2v) is 8.81. The molecule has 132 valence electrons. The van der Waals surface area contributed by atoms with Gasteiger partial charge in [-0.05, 0) is 58.0 Å². The van der Waals surface area contributed by atoms with E-state index in [1.54, 1.807) is 12.1 Å². The first kappa shape index (κ1) is 18.3. The molecule has 0 spiro atoms. The SMILES string of the molecule is O=C(CNS(=O)(=O)c1ccc(I)cc1)N[C@H]1c2ccccc2C[C@H]1O. The van der Waals surface area contributed by atoms with Gasteiger partial charge in [-0.1, -0.05) is 24.3 Å². The van der Waals surface area contributed by atoms with Gasteiger partial charge in [-0.2, -0.15) is 0 Å². The summed E-state index contributed by atoms with van der Waals surface area (Å²) in [6.45, 7) is -0.389. The topological polar surface area (TPSA) is 95.5 Å². The molecule has 6 nitrogen and oxygen atoms in total. The number of amides is 1. The number of fused-ring (bicyclic) bond motifs is 1. The number of aliphatic hydroxyl groups excluding tert-OH is 1. The number of hydrogen-bond acceptors (Lipinski definition) is 4. The Kier molecular flexibility index (Phi) is 5.42. The van der Waals surface area contributed by atoms with Crippen molar-refractivity contribution in [1.29, 1.82) is 0 Å². The molecular weight excluding hydrogens is 455 g/mol. The summed E-state index contributed by atoms with van der Waals surface area (Å²) in [6, 6.07) is 13.3. The normalized spacial score (nSPS) is 19.4. The molecule has 0 aromatic heterocycles. The zero-order chi connectivity index (χ0) is 18.0. The van der Waals surface area contributed by atoms with Crippen molar-refractivity contribution in [2.75, 3.05) is 6.54 Å². The molecule has 0 radical (unpaired) electrons. The molecule has 2 atom stereocenters. The number of carbonyl (C=O) groups excluding carboxylic acids is 1. The average molecular weight is 472 g/mol. The minimum absolute atomic E-state index is 0.104. The van der Waals surface area contributed by atoms with Crippen molar-refractivity contribution in [3.05, 3.63) is 63.2 Å². The number of aliphatic hydroxyl groups is 1. The van der Waals surface area contributed by atoms with E-state index in [2.05, 4.69) is 32.6 Å². The van der Waals surface area contributed by atoms with E-state index in [0.717, 1.165) is 14.7 Å². The molecule has 0 bridgehead atoms. The Morgan fingerprint density at radius 3 is 2.56 bits per heavy atom. The third kappa shape index (κ3) is 4.20. The second kappa shape index (κ2) is 7.40. The lowest BCUT2D eigenvalue weighted by Gasteiger charge is -2.18. The zero-order valence-corrected chi connectivity index (χ0v) is 16.1. The van der Waals surface area contributed by atoms with Crippen LogP contribution in [0.2, 0.25) is 0 Å². The number of benzene rings is 2. The van der Waals surface area contributed by atoms with Crippen molar-refractivity contribution < 1.29 is 18.3 Å². The Labute approximate surface area is 159 Å². The van der Waals surface area contributed by atoms with Crippen molar-refractivity contribution in [3.8, 4) is 0 Å². The Morgan fingerprint density at radius 1 is 1.16 bits per heavy atom. The first-order valence-corrected chi connectivity index (χ1v) is 10.2. The minimum atomic E-state index is -3.76. The lowest BCUT2D eigenvalue weighted by atomic mass is 10.1. The van der Waals surface area contributed by atoms with E-state index in [9.17, 15) is 18.3 Å². The maximum atomic E-state index is 12.2. The van der Waals surface area contributed by atoms with Crippen LogP contribution in [0.4, 0.5) is 0 Å². The van der Waals surface area contributed by atoms with Crippen LogP contribution in [-0.4, -0.2) is 32.1 Å². The first-order valence-electron chi connectivity index (χ1n) is 7.67. The van der Waals surface area contributed by atoms with E-state index in [-0.39, 0.29) is 11.4 Å². The van der Waals surface area contributed by atoms with Gasteiger partial charge < -0.3 is 10.4 Å². The molecule has 0 heterocycles. The Bertz CT molecular complexity index is 884. The summed E-state index contributed by atoms with van der Waals surface area (Å²) < 4.78 is 27.6. The standard InChI is InChI=1S/C17H17IN2O4S/c18-12-5-7-13(8-6-12)25(23,24)19-10-16(22)20-17-14-4-2-1-3-11(14)9-15(17)21/h1-8,15,17,19,21H,9-10H2,(H,20,22)/t15-,17+/m1/s1. The highest BCUT2D eigenvalue weighted by atomic mass is 127. The number of hydrogen-bond donors (Lipinski definition) is 3. The molecule has 3 rings (SSSR count). The number of rotatable bonds is 5. The van der Waals surface area contributed by atoms with Crippen LogP contribution in [0.3, 0.4) is 0 Å². The van der Waals surface area contributed by atoms with Gasteiger partial charge in [-0.15, -0.1) is 0 Å². The lowest BCUT2D eigenvalue weighted by Crippen LogP contribution is -2.41. The maximum Gasteiger partial charge on any atom is 0.241 e. The van der Waals surface area contributed by atoms with Crippen LogP contribution < -0.4 is 10.0 Å². The predicted octanol–water partition coefficient (Wildman–Crippen LogP) is 1.34. The van der Waals surface area contributed by atoms with Crippen LogP contribution in [0.1, 0.15) is 17.2 Å². The van der Waals surface area contributed by atoms with E-state index in [1.807, 2.05) is 24.3 Å². The van der Waals surface area contributed by atoms with Crippen molar-refractivity contribution in [2.45, 2.75) is 23.5 Å². The smallest absolute Gasteiger partial charge is 0.241 e. The molecule has 1 aliphatic rings. The molecule has 3 N–H and O–H groups in total. The fourth-order valence-electron chi connectivity index (χ4n) is 2.83. The summed E-state index contributed by atoms with van der Waals surface area (Å²) in [5.41, 5.74) is 1.85. The van der Waals surface area contributed by atoms with Crippen LogP contribution in [-0.2, 0) is 21.2 Å². The molecule has 0 aliphatic heterocycles. The fourth-order valence-corrected chi connectivity index (χ4v) is 4.17. The summed E-state index contributed by atoms with van der Waals surface area (Å²) in [5, 5.41) is 12.8. The summed E-state index contributed by atoms with van der Waals surface area (Å²) in [5.74, 6) is -0.491. The van der Waals surface area contributed by atoms with Gasteiger partial charge in [-0.3, -0.25) is 4.79 Å². The van der Waals surface area contributed by atoms with Crippen molar-refractivity contribution in [2.24, 2.45) is 0 Å². The molecule has 25 heavy (non-hydrogen) atoms. The molecule has 0 saturated carbocycles. The van der Waals surface area contributed by atoms with Crippen LogP contribution >= 0.6 is 22.6 Å². The van der Waals surface area contributed by atoms with Crippen LogP contribution in [0.25, 0.3) is 0 Å². The third-order valence-corrected chi connectivity index (χ3v) is 6.20. The van der Waals surface area contributed by atoms with Crippen molar-refractivity contribution in [1.82, 2.24) is 10.0 Å². The zero-order valence-electron chi connectivity index (χ0n) is 13.1. The van der Waals surface area contributed by atoms with Crippen LogP contribution in [0.5, 0.6) is 0 Å². The van der Waals surface area contributed by atoms with E-state index >= 15 is 0 Å². The highest BCUT2D eigenvalue weighted by molar-refractivity contribution is 14.1. The molecule has 0 unspecified atom stereocenters. The molecule has 1 amide bonds. The van der Waals surface area contributed by atoms with E-state index in [4.69, 9.17) is 0 Å². The minimum Gasteiger partial charge on any atom is -0.390 e. The Balaban J connectivity index is 1.63. The van der Waals surface area contributed by atoms with Crippen molar-refractivity contribution in [3.63, 3.8) is 0 Å². The van der Waals surface area contributed by atoms with E-state index in [0.29, 0.717) is 6.42 Å². The summed E-state index contributed by atoms with van der Waals surface area (Å²) in [6.07, 6.45) is -0.246.